The lowest BCUT2D eigenvalue weighted by molar-refractivity contribution is -0.141. The molecule has 0 bridgehead atoms. The minimum Gasteiger partial charge on any atom is -0.312 e. The Morgan fingerprint density at radius 3 is 2.39 bits per heavy atom. The van der Waals surface area contributed by atoms with Crippen molar-refractivity contribution in [2.75, 3.05) is 13.1 Å². The van der Waals surface area contributed by atoms with Crippen LogP contribution in [-0.4, -0.2) is 35.8 Å². The molecule has 0 aromatic heterocycles. The third-order valence-corrected chi connectivity index (χ3v) is 4.77. The van der Waals surface area contributed by atoms with Crippen LogP contribution in [0.2, 0.25) is 0 Å². The molecular formula is C14H22N2O2. The number of fused-ring (bicyclic) bond motifs is 1. The minimum absolute atomic E-state index is 0.0448. The molecule has 3 unspecified atom stereocenters. The SMILES string of the molecule is CCNC(CN1C(=O)C2CC2C1=O)C1CCCC1. The fourth-order valence-corrected chi connectivity index (χ4v) is 3.63. The predicted molar refractivity (Wildman–Crippen MR) is 67.7 cm³/mol. The van der Waals surface area contributed by atoms with Gasteiger partial charge in [0.15, 0.2) is 0 Å². The van der Waals surface area contributed by atoms with Crippen molar-refractivity contribution in [2.24, 2.45) is 17.8 Å². The van der Waals surface area contributed by atoms with Crippen LogP contribution in [0, 0.1) is 17.8 Å². The van der Waals surface area contributed by atoms with Crippen molar-refractivity contribution in [3.8, 4) is 0 Å². The Morgan fingerprint density at radius 2 is 1.83 bits per heavy atom. The molecule has 3 fully saturated rings. The van der Waals surface area contributed by atoms with Crippen molar-refractivity contribution < 1.29 is 9.59 Å². The standard InChI is InChI=1S/C14H22N2O2/c1-2-15-12(9-5-3-4-6-9)8-16-13(17)10-7-11(10)14(16)18/h9-12,15H,2-8H2,1H3. The van der Waals surface area contributed by atoms with Gasteiger partial charge >= 0.3 is 0 Å². The maximum absolute atomic E-state index is 12.0. The molecule has 4 heteroatoms. The third kappa shape index (κ3) is 1.96. The summed E-state index contributed by atoms with van der Waals surface area (Å²) >= 11 is 0. The van der Waals surface area contributed by atoms with Gasteiger partial charge < -0.3 is 5.32 Å². The third-order valence-electron chi connectivity index (χ3n) is 4.77. The van der Waals surface area contributed by atoms with E-state index < -0.39 is 0 Å². The summed E-state index contributed by atoms with van der Waals surface area (Å²) in [7, 11) is 0. The summed E-state index contributed by atoms with van der Waals surface area (Å²) in [4.78, 5) is 25.5. The van der Waals surface area contributed by atoms with Gasteiger partial charge in [0.2, 0.25) is 11.8 Å². The summed E-state index contributed by atoms with van der Waals surface area (Å²) in [6.07, 6.45) is 5.87. The first-order chi connectivity index (χ1) is 8.72. The zero-order chi connectivity index (χ0) is 12.7. The number of imide groups is 1. The molecule has 3 aliphatic rings. The van der Waals surface area contributed by atoms with Crippen molar-refractivity contribution in [3.63, 3.8) is 0 Å². The van der Waals surface area contributed by atoms with Gasteiger partial charge in [-0.15, -0.1) is 0 Å². The van der Waals surface area contributed by atoms with Crippen molar-refractivity contribution in [1.82, 2.24) is 10.2 Å². The van der Waals surface area contributed by atoms with Crippen molar-refractivity contribution in [1.29, 1.82) is 0 Å². The van der Waals surface area contributed by atoms with Gasteiger partial charge in [0.25, 0.3) is 0 Å². The van der Waals surface area contributed by atoms with Crippen molar-refractivity contribution in [3.05, 3.63) is 0 Å². The first kappa shape index (κ1) is 12.2. The molecule has 1 aliphatic heterocycles. The average molecular weight is 250 g/mol. The molecule has 100 valence electrons. The zero-order valence-electron chi connectivity index (χ0n) is 11.0. The van der Waals surface area contributed by atoms with E-state index in [1.54, 1.807) is 0 Å². The number of nitrogens with zero attached hydrogens (tertiary/aromatic N) is 1. The Morgan fingerprint density at radius 1 is 1.22 bits per heavy atom. The van der Waals surface area contributed by atoms with Gasteiger partial charge in [-0.2, -0.15) is 0 Å². The molecular weight excluding hydrogens is 228 g/mol. The van der Waals surface area contributed by atoms with Gasteiger partial charge in [0.1, 0.15) is 0 Å². The van der Waals surface area contributed by atoms with Crippen LogP contribution in [0.25, 0.3) is 0 Å². The number of amides is 2. The highest BCUT2D eigenvalue weighted by atomic mass is 16.2. The second-order valence-electron chi connectivity index (χ2n) is 5.94. The average Bonchev–Trinajstić information content (AvgIpc) is 2.91. The highest BCUT2D eigenvalue weighted by Crippen LogP contribution is 2.47. The molecule has 1 N–H and O–H groups in total. The fraction of sp³-hybridized carbons (Fsp3) is 0.857. The molecule has 0 aromatic rings. The molecule has 2 aliphatic carbocycles. The molecule has 0 radical (unpaired) electrons. The summed E-state index contributed by atoms with van der Waals surface area (Å²) in [5.74, 6) is 0.908. The molecule has 2 saturated carbocycles. The summed E-state index contributed by atoms with van der Waals surface area (Å²) in [6, 6.07) is 0.308. The number of likely N-dealkylation sites (N-methyl/N-ethyl adjacent to an activating group) is 1. The number of piperidine rings is 1. The van der Waals surface area contributed by atoms with E-state index in [4.69, 9.17) is 0 Å². The van der Waals surface area contributed by atoms with Gasteiger partial charge in [-0.05, 0) is 31.7 Å². The minimum atomic E-state index is 0.0448. The maximum Gasteiger partial charge on any atom is 0.233 e. The monoisotopic (exact) mass is 250 g/mol. The molecule has 2 amide bonds. The van der Waals surface area contributed by atoms with Gasteiger partial charge in [-0.25, -0.2) is 0 Å². The fourth-order valence-electron chi connectivity index (χ4n) is 3.63. The van der Waals surface area contributed by atoms with Crippen molar-refractivity contribution >= 4 is 11.8 Å². The topological polar surface area (TPSA) is 49.4 Å². The number of nitrogens with one attached hydrogen (secondary N) is 1. The number of hydrogen-bond acceptors (Lipinski definition) is 3. The lowest BCUT2D eigenvalue weighted by Crippen LogP contribution is -2.47. The van der Waals surface area contributed by atoms with Crippen LogP contribution in [0.3, 0.4) is 0 Å². The summed E-state index contributed by atoms with van der Waals surface area (Å²) in [5.41, 5.74) is 0. The van der Waals surface area contributed by atoms with Gasteiger partial charge in [0.05, 0.1) is 11.8 Å². The smallest absolute Gasteiger partial charge is 0.233 e. The largest absolute Gasteiger partial charge is 0.312 e. The number of carbonyl (C=O) groups is 2. The first-order valence-corrected chi connectivity index (χ1v) is 7.31. The molecule has 3 rings (SSSR count). The second kappa shape index (κ2) is 4.65. The number of carbonyl (C=O) groups excluding carboxylic acids is 2. The van der Waals surface area contributed by atoms with E-state index in [-0.39, 0.29) is 23.7 Å². The van der Waals surface area contributed by atoms with Crippen LogP contribution in [0.1, 0.15) is 39.0 Å². The summed E-state index contributed by atoms with van der Waals surface area (Å²) < 4.78 is 0. The van der Waals surface area contributed by atoms with Crippen LogP contribution in [0.5, 0.6) is 0 Å². The van der Waals surface area contributed by atoms with Crippen LogP contribution in [0.4, 0.5) is 0 Å². The number of likely N-dealkylation sites (tertiary alicyclic amines) is 1. The molecule has 0 spiro atoms. The van der Waals surface area contributed by atoms with E-state index in [1.165, 1.54) is 30.6 Å². The van der Waals surface area contributed by atoms with Gasteiger partial charge in [-0.1, -0.05) is 19.8 Å². The second-order valence-corrected chi connectivity index (χ2v) is 5.94. The van der Waals surface area contributed by atoms with Crippen LogP contribution >= 0.6 is 0 Å². The Bertz CT molecular complexity index is 343. The first-order valence-electron chi connectivity index (χ1n) is 7.31. The van der Waals surface area contributed by atoms with E-state index in [9.17, 15) is 9.59 Å². The normalized spacial score (nSPS) is 33.1. The Kier molecular flexibility index (Phi) is 3.14. The lowest BCUT2D eigenvalue weighted by Gasteiger charge is -2.28. The van der Waals surface area contributed by atoms with E-state index in [1.807, 2.05) is 0 Å². The van der Waals surface area contributed by atoms with Crippen LogP contribution < -0.4 is 5.32 Å². The quantitative estimate of drug-likeness (QED) is 0.745. The number of hydrogen-bond donors (Lipinski definition) is 1. The predicted octanol–water partition coefficient (Wildman–Crippen LogP) is 1.16. The molecule has 3 atom stereocenters. The van der Waals surface area contributed by atoms with Gasteiger partial charge in [-0.3, -0.25) is 14.5 Å². The molecule has 4 nitrogen and oxygen atoms in total. The van der Waals surface area contributed by atoms with Crippen LogP contribution in [-0.2, 0) is 9.59 Å². The van der Waals surface area contributed by atoms with E-state index >= 15 is 0 Å². The Hall–Kier alpha value is -0.900. The van der Waals surface area contributed by atoms with E-state index in [0.717, 1.165) is 13.0 Å². The molecule has 18 heavy (non-hydrogen) atoms. The summed E-state index contributed by atoms with van der Waals surface area (Å²) in [5, 5.41) is 3.48. The Labute approximate surface area is 108 Å². The Balaban J connectivity index is 1.65. The highest BCUT2D eigenvalue weighted by molar-refractivity contribution is 6.08. The highest BCUT2D eigenvalue weighted by Gasteiger charge is 2.59. The zero-order valence-corrected chi connectivity index (χ0v) is 11.0. The van der Waals surface area contributed by atoms with Gasteiger partial charge in [0, 0.05) is 12.6 Å². The lowest BCUT2D eigenvalue weighted by atomic mass is 9.97. The number of rotatable bonds is 5. The molecule has 1 saturated heterocycles. The van der Waals surface area contributed by atoms with Crippen LogP contribution in [0.15, 0.2) is 0 Å². The molecule has 1 heterocycles. The maximum atomic E-state index is 12.0. The molecule has 0 aromatic carbocycles. The van der Waals surface area contributed by atoms with Crippen molar-refractivity contribution in [2.45, 2.75) is 45.1 Å². The van der Waals surface area contributed by atoms with E-state index in [2.05, 4.69) is 12.2 Å². The van der Waals surface area contributed by atoms with E-state index in [0.29, 0.717) is 18.5 Å². The summed E-state index contributed by atoms with van der Waals surface area (Å²) in [6.45, 7) is 3.60.